The van der Waals surface area contributed by atoms with E-state index >= 15 is 0 Å². The Morgan fingerprint density at radius 2 is 2.05 bits per heavy atom. The normalized spacial score (nSPS) is 16.8. The predicted octanol–water partition coefficient (Wildman–Crippen LogP) is 3.46. The summed E-state index contributed by atoms with van der Waals surface area (Å²) in [5.74, 6) is 0.607. The summed E-state index contributed by atoms with van der Waals surface area (Å²) in [6.45, 7) is 8.41. The van der Waals surface area contributed by atoms with Gasteiger partial charge in [0.15, 0.2) is 0 Å². The van der Waals surface area contributed by atoms with E-state index in [0.29, 0.717) is 28.3 Å². The molecule has 0 bridgehead atoms. The number of aryl methyl sites for hydroxylation is 1. The van der Waals surface area contributed by atoms with Crippen molar-refractivity contribution in [2.75, 3.05) is 18.0 Å². The molecule has 0 amide bonds. The van der Waals surface area contributed by atoms with Crippen LogP contribution in [0.1, 0.15) is 25.0 Å². The maximum absolute atomic E-state index is 12.3. The second-order valence-corrected chi connectivity index (χ2v) is 5.95. The van der Waals surface area contributed by atoms with Gasteiger partial charge in [-0.3, -0.25) is 0 Å². The van der Waals surface area contributed by atoms with E-state index in [0.717, 1.165) is 12.8 Å². The van der Waals surface area contributed by atoms with E-state index in [4.69, 9.17) is 6.57 Å². The van der Waals surface area contributed by atoms with Gasteiger partial charge in [-0.25, -0.2) is 16.5 Å². The predicted molar refractivity (Wildman–Crippen MR) is 81.0 cm³/mol. The van der Waals surface area contributed by atoms with Crippen molar-refractivity contribution in [1.29, 1.82) is 0 Å². The molecular formula is C13H14F3IN4. The van der Waals surface area contributed by atoms with Gasteiger partial charge >= 0.3 is 6.18 Å². The van der Waals surface area contributed by atoms with Crippen molar-refractivity contribution in [2.24, 2.45) is 0 Å². The SMILES string of the molecule is [C-]#[N+]C1CCN(c2cnc(I)c(CCC(F)(F)F)n2)CC1. The van der Waals surface area contributed by atoms with Crippen LogP contribution in [0.4, 0.5) is 19.0 Å². The summed E-state index contributed by atoms with van der Waals surface area (Å²) in [7, 11) is 0. The molecule has 0 aliphatic carbocycles. The fourth-order valence-electron chi connectivity index (χ4n) is 2.20. The molecule has 1 saturated heterocycles. The molecule has 2 rings (SSSR count). The zero-order chi connectivity index (χ0) is 15.5. The first-order valence-corrected chi connectivity index (χ1v) is 7.66. The minimum atomic E-state index is -4.19. The molecule has 0 N–H and O–H groups in total. The van der Waals surface area contributed by atoms with Crippen LogP contribution in [0.15, 0.2) is 6.20 Å². The van der Waals surface area contributed by atoms with Gasteiger partial charge in [0.05, 0.1) is 11.9 Å². The number of aromatic nitrogens is 2. The van der Waals surface area contributed by atoms with Crippen LogP contribution in [0.5, 0.6) is 0 Å². The zero-order valence-electron chi connectivity index (χ0n) is 11.2. The third-order valence-electron chi connectivity index (χ3n) is 3.40. The molecular weight excluding hydrogens is 396 g/mol. The maximum atomic E-state index is 12.3. The Morgan fingerprint density at radius 1 is 1.38 bits per heavy atom. The third kappa shape index (κ3) is 4.69. The lowest BCUT2D eigenvalue weighted by atomic mass is 10.1. The highest BCUT2D eigenvalue weighted by Crippen LogP contribution is 2.25. The van der Waals surface area contributed by atoms with Crippen LogP contribution in [-0.2, 0) is 6.42 Å². The molecule has 1 fully saturated rings. The van der Waals surface area contributed by atoms with E-state index in [1.165, 1.54) is 0 Å². The molecule has 8 heteroatoms. The highest BCUT2D eigenvalue weighted by Gasteiger charge is 2.28. The second-order valence-electron chi connectivity index (χ2n) is 4.93. The monoisotopic (exact) mass is 410 g/mol. The lowest BCUT2D eigenvalue weighted by molar-refractivity contribution is -0.134. The lowest BCUT2D eigenvalue weighted by Crippen LogP contribution is -2.35. The summed E-state index contributed by atoms with van der Waals surface area (Å²) in [4.78, 5) is 14.0. The number of hydrogen-bond donors (Lipinski definition) is 0. The standard InChI is InChI=1S/C13H14F3IN4/c1-18-9-3-6-21(7-4-9)11-8-19-12(17)10(20-11)2-5-13(14,15)16/h8-9H,2-7H2. The largest absolute Gasteiger partial charge is 0.389 e. The quantitative estimate of drug-likeness (QED) is 0.566. The summed E-state index contributed by atoms with van der Waals surface area (Å²) in [5.41, 5.74) is 0.387. The van der Waals surface area contributed by atoms with E-state index in [1.54, 1.807) is 6.20 Å². The van der Waals surface area contributed by atoms with Gasteiger partial charge in [-0.05, 0) is 22.6 Å². The smallest absolute Gasteiger partial charge is 0.355 e. The van der Waals surface area contributed by atoms with Crippen molar-refractivity contribution in [3.8, 4) is 0 Å². The van der Waals surface area contributed by atoms with Crippen LogP contribution in [-0.4, -0.2) is 35.3 Å². The minimum absolute atomic E-state index is 0.0442. The molecule has 0 radical (unpaired) electrons. The second kappa shape index (κ2) is 6.77. The van der Waals surface area contributed by atoms with E-state index in [1.807, 2.05) is 27.5 Å². The van der Waals surface area contributed by atoms with Crippen LogP contribution in [0.3, 0.4) is 0 Å². The Labute approximate surface area is 134 Å². The molecule has 4 nitrogen and oxygen atoms in total. The molecule has 1 aromatic heterocycles. The van der Waals surface area contributed by atoms with Crippen molar-refractivity contribution in [2.45, 2.75) is 37.9 Å². The highest BCUT2D eigenvalue weighted by molar-refractivity contribution is 14.1. The van der Waals surface area contributed by atoms with Crippen molar-refractivity contribution < 1.29 is 13.2 Å². The summed E-state index contributed by atoms with van der Waals surface area (Å²) in [5, 5.41) is 0. The number of hydrogen-bond acceptors (Lipinski definition) is 3. The van der Waals surface area contributed by atoms with E-state index in [9.17, 15) is 13.2 Å². The van der Waals surface area contributed by atoms with Crippen LogP contribution in [0.25, 0.3) is 4.85 Å². The summed E-state index contributed by atoms with van der Waals surface area (Å²) in [6, 6.07) is 0.0442. The summed E-state index contributed by atoms with van der Waals surface area (Å²) < 4.78 is 37.5. The Morgan fingerprint density at radius 3 is 2.62 bits per heavy atom. The van der Waals surface area contributed by atoms with Crippen molar-refractivity contribution in [3.63, 3.8) is 0 Å². The Hall–Kier alpha value is -1.11. The van der Waals surface area contributed by atoms with E-state index in [2.05, 4.69) is 14.8 Å². The number of rotatable bonds is 3. The third-order valence-corrected chi connectivity index (χ3v) is 4.30. The van der Waals surface area contributed by atoms with Gasteiger partial charge in [-0.2, -0.15) is 13.2 Å². The molecule has 0 aromatic carbocycles. The molecule has 0 spiro atoms. The summed E-state index contributed by atoms with van der Waals surface area (Å²) >= 11 is 1.91. The van der Waals surface area contributed by atoms with Gasteiger partial charge in [0.25, 0.3) is 0 Å². The molecule has 2 heterocycles. The van der Waals surface area contributed by atoms with Gasteiger partial charge in [-0.15, -0.1) is 0 Å². The first-order valence-electron chi connectivity index (χ1n) is 6.59. The number of alkyl halides is 3. The van der Waals surface area contributed by atoms with Crippen LogP contribution in [0.2, 0.25) is 0 Å². The summed E-state index contributed by atoms with van der Waals surface area (Å²) in [6.07, 6.45) is -2.11. The first kappa shape index (κ1) is 16.3. The zero-order valence-corrected chi connectivity index (χ0v) is 13.4. The number of halogens is 4. The molecule has 21 heavy (non-hydrogen) atoms. The Balaban J connectivity index is 2.06. The fraction of sp³-hybridized carbons (Fsp3) is 0.615. The van der Waals surface area contributed by atoms with E-state index in [-0.39, 0.29) is 12.5 Å². The topological polar surface area (TPSA) is 33.4 Å². The molecule has 0 saturated carbocycles. The van der Waals surface area contributed by atoms with Crippen LogP contribution >= 0.6 is 22.6 Å². The molecule has 1 aromatic rings. The number of anilines is 1. The van der Waals surface area contributed by atoms with Crippen molar-refractivity contribution in [3.05, 3.63) is 27.0 Å². The molecule has 1 aliphatic rings. The molecule has 114 valence electrons. The van der Waals surface area contributed by atoms with Gasteiger partial charge in [0, 0.05) is 38.8 Å². The Bertz CT molecular complexity index is 533. The first-order chi connectivity index (χ1) is 9.89. The van der Waals surface area contributed by atoms with Gasteiger partial charge in [0.1, 0.15) is 9.52 Å². The van der Waals surface area contributed by atoms with Gasteiger partial charge < -0.3 is 9.74 Å². The van der Waals surface area contributed by atoms with Crippen LogP contribution in [0, 0.1) is 10.3 Å². The maximum Gasteiger partial charge on any atom is 0.389 e. The molecule has 1 aliphatic heterocycles. The van der Waals surface area contributed by atoms with E-state index < -0.39 is 12.6 Å². The average Bonchev–Trinajstić information content (AvgIpc) is 2.46. The number of piperidine rings is 1. The van der Waals surface area contributed by atoms with Crippen LogP contribution < -0.4 is 4.90 Å². The molecule has 0 atom stereocenters. The highest BCUT2D eigenvalue weighted by atomic mass is 127. The van der Waals surface area contributed by atoms with Crippen molar-refractivity contribution >= 4 is 28.4 Å². The van der Waals surface area contributed by atoms with Crippen molar-refractivity contribution in [1.82, 2.24) is 9.97 Å². The van der Waals surface area contributed by atoms with Gasteiger partial charge in [0.2, 0.25) is 6.04 Å². The minimum Gasteiger partial charge on any atom is -0.355 e. The number of nitrogens with zero attached hydrogens (tertiary/aromatic N) is 4. The average molecular weight is 410 g/mol. The fourth-order valence-corrected chi connectivity index (χ4v) is 2.73. The molecule has 0 unspecified atom stereocenters. The van der Waals surface area contributed by atoms with Gasteiger partial charge in [-0.1, -0.05) is 0 Å². The Kier molecular flexibility index (Phi) is 5.24. The lowest BCUT2D eigenvalue weighted by Gasteiger charge is -2.28.